The number of anilines is 1. The highest BCUT2D eigenvalue weighted by atomic mass is 32.1. The first-order valence-electron chi connectivity index (χ1n) is 5.38. The molecule has 0 unspecified atom stereocenters. The fourth-order valence-electron chi connectivity index (χ4n) is 1.90. The van der Waals surface area contributed by atoms with Crippen LogP contribution in [-0.4, -0.2) is 9.55 Å². The third kappa shape index (κ3) is 2.04. The van der Waals surface area contributed by atoms with Gasteiger partial charge in [0.15, 0.2) is 0 Å². The molecule has 2 aromatic heterocycles. The molecule has 2 rings (SSSR count). The van der Waals surface area contributed by atoms with Gasteiger partial charge in [-0.3, -0.25) is 0 Å². The van der Waals surface area contributed by atoms with Gasteiger partial charge in [-0.25, -0.2) is 4.98 Å². The molecule has 0 aliphatic heterocycles. The molecule has 5 heteroatoms. The van der Waals surface area contributed by atoms with E-state index >= 15 is 0 Å². The second-order valence-electron chi connectivity index (χ2n) is 3.91. The molecule has 0 bridgehead atoms. The number of hydrogen-bond acceptors (Lipinski definition) is 4. The molecule has 0 spiro atoms. The van der Waals surface area contributed by atoms with Crippen molar-refractivity contribution < 1.29 is 0 Å². The lowest BCUT2D eigenvalue weighted by Crippen LogP contribution is -2.07. The van der Waals surface area contributed by atoms with Crippen molar-refractivity contribution in [1.29, 1.82) is 5.26 Å². The molecule has 2 N–H and O–H groups in total. The van der Waals surface area contributed by atoms with Crippen LogP contribution in [0, 0.1) is 25.2 Å². The summed E-state index contributed by atoms with van der Waals surface area (Å²) in [4.78, 5) is 4.24. The Morgan fingerprint density at radius 3 is 2.82 bits per heavy atom. The second kappa shape index (κ2) is 4.60. The number of thiazole rings is 1. The fraction of sp³-hybridized carbons (Fsp3) is 0.333. The fourth-order valence-corrected chi connectivity index (χ4v) is 2.51. The van der Waals surface area contributed by atoms with Gasteiger partial charge in [0.25, 0.3) is 0 Å². The third-order valence-corrected chi connectivity index (χ3v) is 3.85. The van der Waals surface area contributed by atoms with E-state index in [1.54, 1.807) is 17.5 Å². The average molecular weight is 246 g/mol. The monoisotopic (exact) mass is 246 g/mol. The van der Waals surface area contributed by atoms with Crippen LogP contribution in [0.2, 0.25) is 0 Å². The van der Waals surface area contributed by atoms with Gasteiger partial charge in [0, 0.05) is 30.2 Å². The van der Waals surface area contributed by atoms with E-state index < -0.39 is 0 Å². The molecular formula is C12H14N4S. The van der Waals surface area contributed by atoms with Crippen molar-refractivity contribution in [1.82, 2.24) is 9.55 Å². The van der Waals surface area contributed by atoms with Crippen molar-refractivity contribution in [2.45, 2.75) is 26.8 Å². The molecule has 0 aromatic carbocycles. The molecule has 0 aliphatic carbocycles. The van der Waals surface area contributed by atoms with Gasteiger partial charge in [0.1, 0.15) is 11.9 Å². The molecular weight excluding hydrogens is 232 g/mol. The van der Waals surface area contributed by atoms with Crippen molar-refractivity contribution >= 4 is 17.2 Å². The normalized spacial score (nSPS) is 10.4. The molecule has 0 radical (unpaired) electrons. The first-order chi connectivity index (χ1) is 8.15. The number of aromatic nitrogens is 2. The maximum atomic E-state index is 9.04. The van der Waals surface area contributed by atoms with E-state index in [0.29, 0.717) is 11.4 Å². The smallest absolute Gasteiger partial charge is 0.122 e. The number of hydrogen-bond donors (Lipinski definition) is 1. The molecule has 0 fully saturated rings. The lowest BCUT2D eigenvalue weighted by atomic mass is 10.2. The summed E-state index contributed by atoms with van der Waals surface area (Å²) in [6.07, 6.45) is 2.65. The molecule has 2 aromatic rings. The Bertz CT molecular complexity index is 560. The van der Waals surface area contributed by atoms with Crippen LogP contribution in [0.1, 0.15) is 21.8 Å². The first kappa shape index (κ1) is 11.7. The Morgan fingerprint density at radius 1 is 1.53 bits per heavy atom. The van der Waals surface area contributed by atoms with E-state index in [1.807, 2.05) is 23.8 Å². The molecule has 4 nitrogen and oxygen atoms in total. The van der Waals surface area contributed by atoms with E-state index in [4.69, 9.17) is 11.0 Å². The zero-order chi connectivity index (χ0) is 12.4. The summed E-state index contributed by atoms with van der Waals surface area (Å²) in [5.41, 5.74) is 8.62. The van der Waals surface area contributed by atoms with Gasteiger partial charge in [-0.15, -0.1) is 11.3 Å². The molecule has 17 heavy (non-hydrogen) atoms. The van der Waals surface area contributed by atoms with E-state index in [0.717, 1.165) is 29.2 Å². The SMILES string of the molecule is Cc1c(C#N)c(N)n(CCc2nccs2)c1C. The van der Waals surface area contributed by atoms with Crippen molar-refractivity contribution in [3.8, 4) is 6.07 Å². The number of nitrogen functional groups attached to an aromatic ring is 1. The highest BCUT2D eigenvalue weighted by Gasteiger charge is 2.14. The standard InChI is InChI=1S/C12H14N4S/c1-8-9(2)16(12(14)10(8)7-13)5-3-11-15-4-6-17-11/h4,6H,3,5,14H2,1-2H3. The van der Waals surface area contributed by atoms with Crippen LogP contribution in [0.5, 0.6) is 0 Å². The maximum Gasteiger partial charge on any atom is 0.122 e. The summed E-state index contributed by atoms with van der Waals surface area (Å²) in [7, 11) is 0. The second-order valence-corrected chi connectivity index (χ2v) is 4.89. The number of nitrogens with zero attached hydrogens (tertiary/aromatic N) is 3. The van der Waals surface area contributed by atoms with Crippen molar-refractivity contribution in [2.75, 3.05) is 5.73 Å². The number of nitriles is 1. The van der Waals surface area contributed by atoms with Crippen LogP contribution in [-0.2, 0) is 13.0 Å². The molecule has 0 atom stereocenters. The van der Waals surface area contributed by atoms with Crippen LogP contribution in [0.15, 0.2) is 11.6 Å². The summed E-state index contributed by atoms with van der Waals surface area (Å²) in [6, 6.07) is 2.16. The predicted octanol–water partition coefficient (Wildman–Crippen LogP) is 2.26. The third-order valence-electron chi connectivity index (χ3n) is 3.01. The van der Waals surface area contributed by atoms with Gasteiger partial charge in [-0.05, 0) is 19.4 Å². The van der Waals surface area contributed by atoms with Crippen molar-refractivity contribution in [3.05, 3.63) is 33.4 Å². The van der Waals surface area contributed by atoms with Crippen LogP contribution in [0.3, 0.4) is 0 Å². The maximum absolute atomic E-state index is 9.04. The summed E-state index contributed by atoms with van der Waals surface area (Å²) >= 11 is 1.64. The highest BCUT2D eigenvalue weighted by molar-refractivity contribution is 7.09. The molecule has 2 heterocycles. The van der Waals surface area contributed by atoms with E-state index in [2.05, 4.69) is 11.1 Å². The molecule has 0 saturated heterocycles. The van der Waals surface area contributed by atoms with Gasteiger partial charge in [-0.2, -0.15) is 5.26 Å². The summed E-state index contributed by atoms with van der Waals surface area (Å²) in [5.74, 6) is 0.569. The molecule has 0 amide bonds. The van der Waals surface area contributed by atoms with Crippen LogP contribution in [0.4, 0.5) is 5.82 Å². The minimum Gasteiger partial charge on any atom is -0.384 e. The summed E-state index contributed by atoms with van der Waals surface area (Å²) in [5, 5.41) is 12.1. The summed E-state index contributed by atoms with van der Waals surface area (Å²) < 4.78 is 2.00. The quantitative estimate of drug-likeness (QED) is 0.903. The lowest BCUT2D eigenvalue weighted by molar-refractivity contribution is 0.686. The Morgan fingerprint density at radius 2 is 2.29 bits per heavy atom. The minimum absolute atomic E-state index is 0.569. The number of rotatable bonds is 3. The van der Waals surface area contributed by atoms with Crippen molar-refractivity contribution in [3.63, 3.8) is 0 Å². The Kier molecular flexibility index (Phi) is 3.16. The largest absolute Gasteiger partial charge is 0.384 e. The van der Waals surface area contributed by atoms with Crippen LogP contribution in [0.25, 0.3) is 0 Å². The van der Waals surface area contributed by atoms with E-state index in [-0.39, 0.29) is 0 Å². The number of nitrogens with two attached hydrogens (primary N) is 1. The van der Waals surface area contributed by atoms with E-state index in [9.17, 15) is 0 Å². The zero-order valence-electron chi connectivity index (χ0n) is 9.90. The van der Waals surface area contributed by atoms with Gasteiger partial charge in [-0.1, -0.05) is 0 Å². The topological polar surface area (TPSA) is 67.6 Å². The van der Waals surface area contributed by atoms with Crippen LogP contribution >= 0.6 is 11.3 Å². The van der Waals surface area contributed by atoms with Gasteiger partial charge >= 0.3 is 0 Å². The number of aryl methyl sites for hydroxylation is 1. The van der Waals surface area contributed by atoms with E-state index in [1.165, 1.54) is 0 Å². The minimum atomic E-state index is 0.569. The molecule has 88 valence electrons. The Labute approximate surface area is 104 Å². The van der Waals surface area contributed by atoms with Crippen LogP contribution < -0.4 is 5.73 Å². The molecule has 0 saturated carbocycles. The predicted molar refractivity (Wildman–Crippen MR) is 68.9 cm³/mol. The highest BCUT2D eigenvalue weighted by Crippen LogP contribution is 2.23. The average Bonchev–Trinajstić information content (AvgIpc) is 2.88. The van der Waals surface area contributed by atoms with Crippen molar-refractivity contribution in [2.24, 2.45) is 0 Å². The van der Waals surface area contributed by atoms with Gasteiger partial charge in [0.2, 0.25) is 0 Å². The van der Waals surface area contributed by atoms with Gasteiger partial charge in [0.05, 0.1) is 10.6 Å². The Hall–Kier alpha value is -1.80. The first-order valence-corrected chi connectivity index (χ1v) is 6.26. The molecule has 0 aliphatic rings. The van der Waals surface area contributed by atoms with Gasteiger partial charge < -0.3 is 10.3 Å². The zero-order valence-corrected chi connectivity index (χ0v) is 10.7. The summed E-state index contributed by atoms with van der Waals surface area (Å²) in [6.45, 7) is 4.70. The lowest BCUT2D eigenvalue weighted by Gasteiger charge is -2.07. The Balaban J connectivity index is 2.25.